The number of carboxylic acid groups (broad SMARTS) is 1. The summed E-state index contributed by atoms with van der Waals surface area (Å²) < 4.78 is 37.0. The van der Waals surface area contributed by atoms with Gasteiger partial charge in [-0.3, -0.25) is 9.59 Å². The number of carbonyl (C=O) groups excluding carboxylic acids is 1. The minimum Gasteiger partial charge on any atom is -0.480 e. The molecule has 7 heteroatoms. The predicted molar refractivity (Wildman–Crippen MR) is 64.7 cm³/mol. The average Bonchev–Trinajstić information content (AvgIpc) is 2.35. The van der Waals surface area contributed by atoms with Gasteiger partial charge in [-0.2, -0.15) is 13.2 Å². The van der Waals surface area contributed by atoms with Crippen LogP contribution in [0.3, 0.4) is 0 Å². The van der Waals surface area contributed by atoms with Crippen molar-refractivity contribution in [1.29, 1.82) is 0 Å². The lowest BCUT2D eigenvalue weighted by Gasteiger charge is -2.18. The molecule has 0 bridgehead atoms. The van der Waals surface area contributed by atoms with Crippen molar-refractivity contribution in [2.24, 2.45) is 5.41 Å². The van der Waals surface area contributed by atoms with E-state index in [1.54, 1.807) is 0 Å². The number of carboxylic acids is 1. The molecule has 2 N–H and O–H groups in total. The number of carbonyl (C=O) groups is 2. The molecule has 1 rings (SSSR count). The first-order valence-corrected chi connectivity index (χ1v) is 5.73. The summed E-state index contributed by atoms with van der Waals surface area (Å²) in [7, 11) is 0. The Kier molecular flexibility index (Phi) is 4.42. The van der Waals surface area contributed by atoms with Crippen LogP contribution >= 0.6 is 0 Å². The number of halogens is 3. The zero-order valence-corrected chi connectivity index (χ0v) is 10.9. The van der Waals surface area contributed by atoms with Gasteiger partial charge in [0, 0.05) is 6.54 Å². The Balaban J connectivity index is 2.68. The zero-order valence-electron chi connectivity index (χ0n) is 10.9. The van der Waals surface area contributed by atoms with Crippen molar-refractivity contribution in [2.75, 3.05) is 0 Å². The number of rotatable bonds is 4. The third-order valence-electron chi connectivity index (χ3n) is 2.84. The molecule has 20 heavy (non-hydrogen) atoms. The van der Waals surface area contributed by atoms with Crippen molar-refractivity contribution in [3.63, 3.8) is 0 Å². The molecule has 0 aliphatic heterocycles. The van der Waals surface area contributed by atoms with E-state index in [1.165, 1.54) is 26.0 Å². The number of benzene rings is 1. The second-order valence-electron chi connectivity index (χ2n) is 4.81. The Bertz CT molecular complexity index is 507. The van der Waals surface area contributed by atoms with Gasteiger partial charge in [-0.05, 0) is 31.5 Å². The van der Waals surface area contributed by atoms with E-state index in [2.05, 4.69) is 5.32 Å². The van der Waals surface area contributed by atoms with E-state index in [0.717, 1.165) is 12.1 Å². The highest BCUT2D eigenvalue weighted by atomic mass is 19.4. The number of hydrogen-bond donors (Lipinski definition) is 2. The van der Waals surface area contributed by atoms with Crippen LogP contribution in [0.2, 0.25) is 0 Å². The topological polar surface area (TPSA) is 66.4 Å². The van der Waals surface area contributed by atoms with E-state index in [9.17, 15) is 22.8 Å². The van der Waals surface area contributed by atoms with Crippen LogP contribution < -0.4 is 5.32 Å². The molecule has 0 aliphatic rings. The highest BCUT2D eigenvalue weighted by molar-refractivity contribution is 6.00. The second-order valence-corrected chi connectivity index (χ2v) is 4.81. The second kappa shape index (κ2) is 5.52. The summed E-state index contributed by atoms with van der Waals surface area (Å²) in [5, 5.41) is 11.2. The van der Waals surface area contributed by atoms with Gasteiger partial charge in [-0.15, -0.1) is 0 Å². The summed E-state index contributed by atoms with van der Waals surface area (Å²) in [4.78, 5) is 22.5. The van der Waals surface area contributed by atoms with Gasteiger partial charge in [-0.25, -0.2) is 0 Å². The van der Waals surface area contributed by atoms with Gasteiger partial charge in [0.15, 0.2) is 0 Å². The monoisotopic (exact) mass is 289 g/mol. The largest absolute Gasteiger partial charge is 0.480 e. The van der Waals surface area contributed by atoms with E-state index in [-0.39, 0.29) is 6.54 Å². The highest BCUT2D eigenvalue weighted by Gasteiger charge is 2.35. The quantitative estimate of drug-likeness (QED) is 0.837. The molecule has 0 spiro atoms. The molecule has 1 aromatic carbocycles. The fourth-order valence-electron chi connectivity index (χ4n) is 1.31. The third kappa shape index (κ3) is 3.72. The first-order valence-electron chi connectivity index (χ1n) is 5.73. The summed E-state index contributed by atoms with van der Waals surface area (Å²) in [5.74, 6) is -1.98. The van der Waals surface area contributed by atoms with Crippen molar-refractivity contribution in [1.82, 2.24) is 5.32 Å². The van der Waals surface area contributed by atoms with Crippen LogP contribution in [0, 0.1) is 5.41 Å². The summed E-state index contributed by atoms with van der Waals surface area (Å²) in [6.45, 7) is 2.46. The van der Waals surface area contributed by atoms with Crippen LogP contribution in [-0.4, -0.2) is 17.0 Å². The molecule has 4 nitrogen and oxygen atoms in total. The fraction of sp³-hybridized carbons (Fsp3) is 0.385. The Morgan fingerprint density at radius 1 is 1.15 bits per heavy atom. The van der Waals surface area contributed by atoms with Crippen molar-refractivity contribution in [2.45, 2.75) is 26.6 Å². The molecule has 1 amide bonds. The number of alkyl halides is 3. The lowest BCUT2D eigenvalue weighted by molar-refractivity contribution is -0.153. The summed E-state index contributed by atoms with van der Waals surface area (Å²) in [6.07, 6.45) is -4.41. The smallest absolute Gasteiger partial charge is 0.416 e. The first-order chi connectivity index (χ1) is 9.05. The van der Waals surface area contributed by atoms with Crippen molar-refractivity contribution in [3.8, 4) is 0 Å². The number of amides is 1. The normalized spacial score (nSPS) is 12.1. The molecule has 0 fully saturated rings. The molecular formula is C13H14F3NO3. The number of nitrogens with one attached hydrogen (secondary N) is 1. The Morgan fingerprint density at radius 2 is 1.65 bits per heavy atom. The van der Waals surface area contributed by atoms with Crippen LogP contribution in [-0.2, 0) is 22.3 Å². The average molecular weight is 289 g/mol. The summed E-state index contributed by atoms with van der Waals surface area (Å²) >= 11 is 0. The Morgan fingerprint density at radius 3 is 2.05 bits per heavy atom. The maximum Gasteiger partial charge on any atom is 0.416 e. The maximum atomic E-state index is 12.3. The van der Waals surface area contributed by atoms with Gasteiger partial charge in [-0.1, -0.05) is 12.1 Å². The summed E-state index contributed by atoms with van der Waals surface area (Å²) in [5.41, 5.74) is -1.92. The van der Waals surface area contributed by atoms with Crippen LogP contribution in [0.1, 0.15) is 25.0 Å². The van der Waals surface area contributed by atoms with E-state index in [4.69, 9.17) is 5.11 Å². The first kappa shape index (κ1) is 16.0. The molecule has 0 saturated heterocycles. The third-order valence-corrected chi connectivity index (χ3v) is 2.84. The minimum absolute atomic E-state index is 0.0340. The maximum absolute atomic E-state index is 12.3. The van der Waals surface area contributed by atoms with Crippen molar-refractivity contribution < 1.29 is 27.9 Å². The van der Waals surface area contributed by atoms with Gasteiger partial charge in [0.2, 0.25) is 5.91 Å². The predicted octanol–water partition coefficient (Wildman–Crippen LogP) is 2.43. The Hall–Kier alpha value is -2.05. The molecular weight excluding hydrogens is 275 g/mol. The van der Waals surface area contributed by atoms with Crippen LogP contribution in [0.5, 0.6) is 0 Å². The molecule has 0 heterocycles. The standard InChI is InChI=1S/C13H14F3NO3/c1-12(2,11(19)20)10(18)17-7-8-3-5-9(6-4-8)13(14,15)16/h3-6H,7H2,1-2H3,(H,17,18)(H,19,20). The van der Waals surface area contributed by atoms with E-state index >= 15 is 0 Å². The lowest BCUT2D eigenvalue weighted by Crippen LogP contribution is -2.41. The lowest BCUT2D eigenvalue weighted by atomic mass is 9.92. The Labute approximate surface area is 113 Å². The SMILES string of the molecule is CC(C)(C(=O)O)C(=O)NCc1ccc(C(F)(F)F)cc1. The fourth-order valence-corrected chi connectivity index (χ4v) is 1.31. The molecule has 0 unspecified atom stereocenters. The molecule has 0 saturated carbocycles. The van der Waals surface area contributed by atoms with Gasteiger partial charge in [0.1, 0.15) is 5.41 Å². The molecule has 0 aliphatic carbocycles. The van der Waals surface area contributed by atoms with Crippen molar-refractivity contribution >= 4 is 11.9 Å². The van der Waals surface area contributed by atoms with Crippen LogP contribution in [0.25, 0.3) is 0 Å². The molecule has 0 radical (unpaired) electrons. The summed E-state index contributed by atoms with van der Waals surface area (Å²) in [6, 6.07) is 4.28. The molecule has 1 aromatic rings. The molecule has 0 atom stereocenters. The van der Waals surface area contributed by atoms with Gasteiger partial charge < -0.3 is 10.4 Å². The molecule has 110 valence electrons. The minimum atomic E-state index is -4.41. The van der Waals surface area contributed by atoms with E-state index in [1.807, 2.05) is 0 Å². The van der Waals surface area contributed by atoms with Gasteiger partial charge in [0.05, 0.1) is 5.56 Å². The van der Waals surface area contributed by atoms with Gasteiger partial charge >= 0.3 is 12.1 Å². The van der Waals surface area contributed by atoms with Crippen LogP contribution in [0.15, 0.2) is 24.3 Å². The number of hydrogen-bond acceptors (Lipinski definition) is 2. The van der Waals surface area contributed by atoms with E-state index in [0.29, 0.717) is 5.56 Å². The number of aliphatic carboxylic acids is 1. The van der Waals surface area contributed by atoms with Crippen LogP contribution in [0.4, 0.5) is 13.2 Å². The van der Waals surface area contributed by atoms with Gasteiger partial charge in [0.25, 0.3) is 0 Å². The van der Waals surface area contributed by atoms with Crippen molar-refractivity contribution in [3.05, 3.63) is 35.4 Å². The highest BCUT2D eigenvalue weighted by Crippen LogP contribution is 2.29. The zero-order chi connectivity index (χ0) is 15.6. The molecule has 0 aromatic heterocycles. The van der Waals surface area contributed by atoms with E-state index < -0.39 is 29.0 Å².